The van der Waals surface area contributed by atoms with Crippen molar-refractivity contribution in [1.29, 1.82) is 0 Å². The molecular weight excluding hydrogens is 311 g/mol. The molecule has 2 aromatic rings. The van der Waals surface area contributed by atoms with Crippen LogP contribution in [0.5, 0.6) is 0 Å². The Hall–Kier alpha value is -2.70. The number of esters is 1. The van der Waals surface area contributed by atoms with Gasteiger partial charge in [-0.15, -0.1) is 0 Å². The number of carbonyl (C=O) groups is 1. The molecular formula is C17H19FN4O2. The molecule has 0 aliphatic carbocycles. The van der Waals surface area contributed by atoms with Gasteiger partial charge in [0.25, 0.3) is 0 Å². The molecule has 0 saturated carbocycles. The van der Waals surface area contributed by atoms with Gasteiger partial charge in [0, 0.05) is 5.70 Å². The lowest BCUT2D eigenvalue weighted by Gasteiger charge is -2.29. The van der Waals surface area contributed by atoms with Crippen LogP contribution in [-0.4, -0.2) is 27.3 Å². The Balaban J connectivity index is 2.15. The Morgan fingerprint density at radius 1 is 1.33 bits per heavy atom. The molecule has 24 heavy (non-hydrogen) atoms. The van der Waals surface area contributed by atoms with Crippen LogP contribution in [0.1, 0.15) is 38.3 Å². The summed E-state index contributed by atoms with van der Waals surface area (Å²) in [5.74, 6) is -0.174. The van der Waals surface area contributed by atoms with Crippen LogP contribution in [0.25, 0.3) is 0 Å². The molecule has 1 aromatic heterocycles. The van der Waals surface area contributed by atoms with E-state index in [9.17, 15) is 9.18 Å². The maximum absolute atomic E-state index is 13.3. The van der Waals surface area contributed by atoms with Crippen molar-refractivity contribution in [2.45, 2.75) is 32.7 Å². The second kappa shape index (κ2) is 6.82. The van der Waals surface area contributed by atoms with Crippen LogP contribution >= 0.6 is 0 Å². The maximum atomic E-state index is 13.3. The molecule has 0 spiro atoms. The topological polar surface area (TPSA) is 69.0 Å². The van der Waals surface area contributed by atoms with Crippen LogP contribution in [0.3, 0.4) is 0 Å². The molecule has 0 radical (unpaired) electrons. The van der Waals surface area contributed by atoms with Crippen molar-refractivity contribution in [2.75, 3.05) is 11.9 Å². The minimum Gasteiger partial charge on any atom is -0.463 e. The second-order valence-electron chi connectivity index (χ2n) is 5.47. The van der Waals surface area contributed by atoms with Gasteiger partial charge in [-0.2, -0.15) is 10.1 Å². The fraction of sp³-hybridized carbons (Fsp3) is 0.353. The molecule has 1 N–H and O–H groups in total. The minimum atomic E-state index is -0.495. The molecule has 1 aliphatic rings. The van der Waals surface area contributed by atoms with Gasteiger partial charge >= 0.3 is 5.97 Å². The number of anilines is 1. The largest absolute Gasteiger partial charge is 0.463 e. The summed E-state index contributed by atoms with van der Waals surface area (Å²) in [5.41, 5.74) is 2.01. The van der Waals surface area contributed by atoms with Crippen molar-refractivity contribution in [2.24, 2.45) is 0 Å². The van der Waals surface area contributed by atoms with E-state index in [0.717, 1.165) is 17.7 Å². The predicted molar refractivity (Wildman–Crippen MR) is 86.8 cm³/mol. The maximum Gasteiger partial charge on any atom is 0.338 e. The van der Waals surface area contributed by atoms with Crippen molar-refractivity contribution >= 4 is 11.9 Å². The number of carbonyl (C=O) groups excluding carboxylic acids is 1. The molecule has 3 rings (SSSR count). The standard InChI is InChI=1S/C17H19FN4O2/c1-3-5-13-14(16(23)24-4-2)15(11-6-8-12(18)9-7-11)22-17(21-13)19-10-20-22/h6-10,15H,3-5H2,1-2H3,(H,19,20,21)/t15-/m0/s1. The number of allylic oxidation sites excluding steroid dienone is 1. The van der Waals surface area contributed by atoms with Crippen LogP contribution in [-0.2, 0) is 9.53 Å². The van der Waals surface area contributed by atoms with E-state index in [4.69, 9.17) is 4.74 Å². The van der Waals surface area contributed by atoms with E-state index >= 15 is 0 Å². The lowest BCUT2D eigenvalue weighted by molar-refractivity contribution is -0.139. The van der Waals surface area contributed by atoms with Crippen LogP contribution in [0.4, 0.5) is 10.3 Å². The van der Waals surface area contributed by atoms with Crippen molar-refractivity contribution in [1.82, 2.24) is 14.8 Å². The average molecular weight is 330 g/mol. The summed E-state index contributed by atoms with van der Waals surface area (Å²) in [6.07, 6.45) is 2.96. The molecule has 0 unspecified atom stereocenters. The second-order valence-corrected chi connectivity index (χ2v) is 5.47. The van der Waals surface area contributed by atoms with Crippen LogP contribution in [0, 0.1) is 5.82 Å². The zero-order valence-electron chi connectivity index (χ0n) is 13.6. The molecule has 0 bridgehead atoms. The number of halogens is 1. The van der Waals surface area contributed by atoms with Gasteiger partial charge in [0.1, 0.15) is 18.2 Å². The number of fused-ring (bicyclic) bond motifs is 1. The van der Waals surface area contributed by atoms with E-state index in [-0.39, 0.29) is 12.4 Å². The highest BCUT2D eigenvalue weighted by atomic mass is 19.1. The molecule has 0 fully saturated rings. The van der Waals surface area contributed by atoms with Gasteiger partial charge in [-0.3, -0.25) is 0 Å². The quantitative estimate of drug-likeness (QED) is 0.853. The van der Waals surface area contributed by atoms with Crippen LogP contribution in [0.15, 0.2) is 41.9 Å². The highest BCUT2D eigenvalue weighted by Gasteiger charge is 2.35. The zero-order chi connectivity index (χ0) is 17.1. The summed E-state index contributed by atoms with van der Waals surface area (Å²) in [4.78, 5) is 16.8. The summed E-state index contributed by atoms with van der Waals surface area (Å²) >= 11 is 0. The smallest absolute Gasteiger partial charge is 0.338 e. The summed E-state index contributed by atoms with van der Waals surface area (Å²) in [7, 11) is 0. The van der Waals surface area contributed by atoms with Gasteiger partial charge < -0.3 is 10.1 Å². The first-order valence-corrected chi connectivity index (χ1v) is 7.97. The van der Waals surface area contributed by atoms with Crippen LogP contribution in [0.2, 0.25) is 0 Å². The third-order valence-electron chi connectivity index (χ3n) is 3.86. The molecule has 2 heterocycles. The van der Waals surface area contributed by atoms with Crippen molar-refractivity contribution in [3.8, 4) is 0 Å². The number of benzene rings is 1. The molecule has 1 atom stereocenters. The third-order valence-corrected chi connectivity index (χ3v) is 3.86. The Labute approximate surface area is 139 Å². The van der Waals surface area contributed by atoms with Crippen LogP contribution < -0.4 is 5.32 Å². The molecule has 1 aromatic carbocycles. The van der Waals surface area contributed by atoms with Gasteiger partial charge in [-0.1, -0.05) is 25.5 Å². The van der Waals surface area contributed by atoms with E-state index in [1.165, 1.54) is 18.5 Å². The van der Waals surface area contributed by atoms with Crippen molar-refractivity contribution in [3.63, 3.8) is 0 Å². The number of aromatic nitrogens is 3. The Morgan fingerprint density at radius 2 is 2.08 bits per heavy atom. The van der Waals surface area contributed by atoms with E-state index in [1.807, 2.05) is 6.92 Å². The van der Waals surface area contributed by atoms with E-state index in [2.05, 4.69) is 15.4 Å². The lowest BCUT2D eigenvalue weighted by atomic mass is 9.94. The van der Waals surface area contributed by atoms with Crippen molar-refractivity contribution < 1.29 is 13.9 Å². The number of nitrogens with one attached hydrogen (secondary N) is 1. The highest BCUT2D eigenvalue weighted by Crippen LogP contribution is 2.36. The number of ether oxygens (including phenoxy) is 1. The average Bonchev–Trinajstić information content (AvgIpc) is 3.03. The molecule has 0 amide bonds. The predicted octanol–water partition coefficient (Wildman–Crippen LogP) is 3.05. The lowest BCUT2D eigenvalue weighted by Crippen LogP contribution is -2.30. The zero-order valence-corrected chi connectivity index (χ0v) is 13.6. The van der Waals surface area contributed by atoms with Gasteiger partial charge in [0.15, 0.2) is 0 Å². The molecule has 0 saturated heterocycles. The molecule has 6 nitrogen and oxygen atoms in total. The number of hydrogen-bond acceptors (Lipinski definition) is 5. The Kier molecular flexibility index (Phi) is 4.59. The van der Waals surface area contributed by atoms with E-state index in [0.29, 0.717) is 17.9 Å². The fourth-order valence-electron chi connectivity index (χ4n) is 2.86. The first-order valence-electron chi connectivity index (χ1n) is 7.97. The van der Waals surface area contributed by atoms with Crippen molar-refractivity contribution in [3.05, 3.63) is 53.2 Å². The SMILES string of the molecule is CCCC1=C(C(=O)OCC)[C@H](c2ccc(F)cc2)n2ncnc2N1. The van der Waals surface area contributed by atoms with E-state index < -0.39 is 12.0 Å². The first-order chi connectivity index (χ1) is 11.7. The first kappa shape index (κ1) is 16.2. The summed E-state index contributed by atoms with van der Waals surface area (Å²) in [5, 5.41) is 7.40. The summed E-state index contributed by atoms with van der Waals surface area (Å²) in [6, 6.07) is 5.55. The molecule has 126 valence electrons. The molecule has 1 aliphatic heterocycles. The monoisotopic (exact) mass is 330 g/mol. The number of rotatable bonds is 5. The van der Waals surface area contributed by atoms with Gasteiger partial charge in [-0.05, 0) is 31.0 Å². The van der Waals surface area contributed by atoms with Gasteiger partial charge in [0.2, 0.25) is 5.95 Å². The number of nitrogens with zero attached hydrogens (tertiary/aromatic N) is 3. The summed E-state index contributed by atoms with van der Waals surface area (Å²) in [6.45, 7) is 4.08. The normalized spacial score (nSPS) is 16.5. The molecule has 7 heteroatoms. The highest BCUT2D eigenvalue weighted by molar-refractivity contribution is 5.92. The third kappa shape index (κ3) is 2.89. The Bertz CT molecular complexity index is 767. The van der Waals surface area contributed by atoms with E-state index in [1.54, 1.807) is 23.7 Å². The minimum absolute atomic E-state index is 0.280. The van der Waals surface area contributed by atoms with Gasteiger partial charge in [-0.25, -0.2) is 13.9 Å². The fourth-order valence-corrected chi connectivity index (χ4v) is 2.86. The van der Waals surface area contributed by atoms with Gasteiger partial charge in [0.05, 0.1) is 12.2 Å². The Morgan fingerprint density at radius 3 is 2.75 bits per heavy atom. The number of hydrogen-bond donors (Lipinski definition) is 1. The summed E-state index contributed by atoms with van der Waals surface area (Å²) < 4.78 is 20.2.